The molecule has 4 bridgehead atoms. The van der Waals surface area contributed by atoms with Crippen LogP contribution in [0.5, 0.6) is 0 Å². The molecule has 0 amide bonds. The zero-order valence-corrected chi connectivity index (χ0v) is 21.6. The van der Waals surface area contributed by atoms with E-state index in [0.29, 0.717) is 13.2 Å². The normalized spacial score (nSPS) is 35.4. The smallest absolute Gasteiger partial charge is 0.330 e. The molecule has 6 aliphatic carbocycles. The van der Waals surface area contributed by atoms with Gasteiger partial charge >= 0.3 is 11.9 Å². The lowest BCUT2D eigenvalue weighted by Crippen LogP contribution is -2.16. The summed E-state index contributed by atoms with van der Waals surface area (Å²) in [4.78, 5) is 20.1. The summed E-state index contributed by atoms with van der Waals surface area (Å²) in [5.74, 6) is 7.91. The van der Waals surface area contributed by atoms with Gasteiger partial charge in [-0.25, -0.2) is 9.59 Å². The zero-order chi connectivity index (χ0) is 25.2. The lowest BCUT2D eigenvalue weighted by atomic mass is 9.82. The number of ether oxygens (including phenoxy) is 3. The van der Waals surface area contributed by atoms with Gasteiger partial charge in [0.2, 0.25) is 0 Å². The van der Waals surface area contributed by atoms with Gasteiger partial charge in [-0.2, -0.15) is 0 Å². The molecule has 35 heavy (non-hydrogen) atoms. The molecule has 0 saturated heterocycles. The summed E-state index contributed by atoms with van der Waals surface area (Å²) >= 11 is 0. The Labute approximate surface area is 211 Å². The fraction of sp³-hybridized carbons (Fsp3) is 0.667. The van der Waals surface area contributed by atoms with Crippen molar-refractivity contribution in [3.63, 3.8) is 0 Å². The molecule has 6 aliphatic rings. The Morgan fingerprint density at radius 3 is 1.63 bits per heavy atom. The van der Waals surface area contributed by atoms with Crippen molar-refractivity contribution in [2.45, 2.75) is 51.4 Å². The number of carbonyl (C=O) groups excluding carboxylic acids is 2. The van der Waals surface area contributed by atoms with Crippen LogP contribution in [-0.2, 0) is 23.8 Å². The Kier molecular flexibility index (Phi) is 10.8. The topological polar surface area (TPSA) is 61.8 Å². The number of methoxy groups -OCH3 is 2. The van der Waals surface area contributed by atoms with Gasteiger partial charge in [0, 0.05) is 19.3 Å². The van der Waals surface area contributed by atoms with E-state index in [0.717, 1.165) is 59.5 Å². The molecular weight excluding hydrogens is 440 g/mol. The molecule has 5 heteroatoms. The fourth-order valence-electron chi connectivity index (χ4n) is 7.36. The molecule has 5 nitrogen and oxygen atoms in total. The first kappa shape index (κ1) is 27.4. The van der Waals surface area contributed by atoms with E-state index < -0.39 is 11.9 Å². The van der Waals surface area contributed by atoms with Crippen LogP contribution >= 0.6 is 0 Å². The summed E-state index contributed by atoms with van der Waals surface area (Å²) in [6.07, 6.45) is 24.2. The number of carbonyl (C=O) groups is 2. The Balaban J connectivity index is 0.000000133. The third-order valence-corrected chi connectivity index (χ3v) is 8.92. The minimum Gasteiger partial charge on any atom is -0.466 e. The summed E-state index contributed by atoms with van der Waals surface area (Å²) in [6.45, 7) is 7.10. The summed E-state index contributed by atoms with van der Waals surface area (Å²) in [5, 5.41) is 0. The lowest BCUT2D eigenvalue weighted by molar-refractivity contribution is -0.139. The van der Waals surface area contributed by atoms with E-state index in [1.54, 1.807) is 32.8 Å². The van der Waals surface area contributed by atoms with Crippen molar-refractivity contribution in [1.29, 1.82) is 0 Å². The van der Waals surface area contributed by atoms with E-state index in [1.807, 2.05) is 0 Å². The second-order valence-electron chi connectivity index (χ2n) is 10.6. The number of fused-ring (bicyclic) bond motifs is 10. The summed E-state index contributed by atoms with van der Waals surface area (Å²) in [5.41, 5.74) is 0. The summed E-state index contributed by atoms with van der Waals surface area (Å²) < 4.78 is 13.3. The lowest BCUT2D eigenvalue weighted by Gasteiger charge is -2.23. The van der Waals surface area contributed by atoms with Crippen LogP contribution in [0.1, 0.15) is 51.4 Å². The average molecular weight is 485 g/mol. The molecule has 0 N–H and O–H groups in total. The van der Waals surface area contributed by atoms with E-state index >= 15 is 0 Å². The van der Waals surface area contributed by atoms with Crippen LogP contribution in [0.2, 0.25) is 0 Å². The number of hydrogen-bond donors (Lipinski definition) is 0. The largest absolute Gasteiger partial charge is 0.466 e. The molecule has 0 aromatic carbocycles. The van der Waals surface area contributed by atoms with Gasteiger partial charge < -0.3 is 14.2 Å². The Morgan fingerprint density at radius 1 is 0.771 bits per heavy atom. The number of allylic oxidation sites excluding steroid dienone is 4. The number of hydrogen-bond acceptors (Lipinski definition) is 5. The molecule has 8 atom stereocenters. The van der Waals surface area contributed by atoms with Crippen LogP contribution < -0.4 is 0 Å². The van der Waals surface area contributed by atoms with E-state index in [-0.39, 0.29) is 0 Å². The van der Waals surface area contributed by atoms with Gasteiger partial charge in [0.25, 0.3) is 0 Å². The first-order valence-electron chi connectivity index (χ1n) is 13.3. The third kappa shape index (κ3) is 7.19. The second kappa shape index (κ2) is 13.8. The maximum atomic E-state index is 10.3. The van der Waals surface area contributed by atoms with Crippen molar-refractivity contribution in [3.8, 4) is 0 Å². The predicted octanol–water partition coefficient (Wildman–Crippen LogP) is 5.92. The van der Waals surface area contributed by atoms with Crippen LogP contribution in [0, 0.1) is 47.3 Å². The quantitative estimate of drug-likeness (QED) is 0.210. The highest BCUT2D eigenvalue weighted by atomic mass is 16.6. The van der Waals surface area contributed by atoms with Gasteiger partial charge in [0.1, 0.15) is 6.61 Å². The van der Waals surface area contributed by atoms with Crippen molar-refractivity contribution < 1.29 is 23.8 Å². The van der Waals surface area contributed by atoms with Crippen LogP contribution in [0.4, 0.5) is 0 Å². The first-order valence-corrected chi connectivity index (χ1v) is 13.3. The van der Waals surface area contributed by atoms with Crippen molar-refractivity contribution in [2.24, 2.45) is 47.3 Å². The van der Waals surface area contributed by atoms with Gasteiger partial charge in [-0.15, -0.1) is 0 Å². The molecule has 0 spiro atoms. The number of rotatable bonds is 5. The van der Waals surface area contributed by atoms with Crippen molar-refractivity contribution in [3.05, 3.63) is 49.6 Å². The molecule has 0 radical (unpaired) electrons. The minimum absolute atomic E-state index is 0.293. The standard InChI is InChI=1S/2C10H14.C6H10O3.C4H6O2/c2*1-2-9-7-4-5-8(6-7)10(9)3-1;1-3-6(7)9-5-4-8-2;1-3-4(5)6-2/h2*1-2,7-10H,3-6H2;3H,1,4-5H2,2H3;3H,1H2,2H3. The monoisotopic (exact) mass is 484 g/mol. The highest BCUT2D eigenvalue weighted by Crippen LogP contribution is 2.57. The van der Waals surface area contributed by atoms with Crippen molar-refractivity contribution in [1.82, 2.24) is 0 Å². The molecular formula is C30H44O5. The van der Waals surface area contributed by atoms with Crippen molar-refractivity contribution in [2.75, 3.05) is 27.4 Å². The predicted molar refractivity (Wildman–Crippen MR) is 138 cm³/mol. The highest BCUT2D eigenvalue weighted by molar-refractivity contribution is 5.81. The highest BCUT2D eigenvalue weighted by Gasteiger charge is 2.47. The zero-order valence-electron chi connectivity index (χ0n) is 21.6. The maximum absolute atomic E-state index is 10.3. The SMILES string of the molecule is C1=CC2C3CCC(C3)C2C1.C1=CC2C3CCC(C3)C2C1.C=CC(=O)OC.C=CC(=O)OCCOC. The average Bonchev–Trinajstić information content (AvgIpc) is 3.70. The van der Waals surface area contributed by atoms with Gasteiger partial charge in [-0.05, 0) is 98.7 Å². The molecule has 0 aromatic heterocycles. The number of esters is 2. The molecule has 0 heterocycles. The summed E-state index contributed by atoms with van der Waals surface area (Å²) in [6, 6.07) is 0. The second-order valence-corrected chi connectivity index (χ2v) is 10.6. The molecule has 6 rings (SSSR count). The molecule has 4 fully saturated rings. The van der Waals surface area contributed by atoms with Gasteiger partial charge in [-0.3, -0.25) is 0 Å². The molecule has 0 aliphatic heterocycles. The van der Waals surface area contributed by atoms with Crippen LogP contribution in [0.25, 0.3) is 0 Å². The van der Waals surface area contributed by atoms with E-state index in [2.05, 4.69) is 51.7 Å². The van der Waals surface area contributed by atoms with E-state index in [1.165, 1.54) is 32.8 Å². The molecule has 194 valence electrons. The molecule has 4 saturated carbocycles. The molecule has 8 unspecified atom stereocenters. The van der Waals surface area contributed by atoms with Crippen molar-refractivity contribution >= 4 is 11.9 Å². The van der Waals surface area contributed by atoms with Gasteiger partial charge in [0.05, 0.1) is 13.7 Å². The van der Waals surface area contributed by atoms with Gasteiger partial charge in [-0.1, -0.05) is 37.5 Å². The van der Waals surface area contributed by atoms with E-state index in [9.17, 15) is 9.59 Å². The van der Waals surface area contributed by atoms with Crippen LogP contribution in [0.15, 0.2) is 49.6 Å². The van der Waals surface area contributed by atoms with Crippen LogP contribution in [-0.4, -0.2) is 39.4 Å². The summed E-state index contributed by atoms with van der Waals surface area (Å²) in [7, 11) is 2.85. The van der Waals surface area contributed by atoms with Gasteiger partial charge in [0.15, 0.2) is 0 Å². The fourth-order valence-corrected chi connectivity index (χ4v) is 7.36. The first-order chi connectivity index (χ1) is 17.0. The Morgan fingerprint density at radius 2 is 1.26 bits per heavy atom. The third-order valence-electron chi connectivity index (χ3n) is 8.92. The minimum atomic E-state index is -0.410. The van der Waals surface area contributed by atoms with Crippen LogP contribution in [0.3, 0.4) is 0 Å². The Bertz CT molecular complexity index is 742. The van der Waals surface area contributed by atoms with E-state index in [4.69, 9.17) is 0 Å². The Hall–Kier alpha value is -2.14. The molecule has 0 aromatic rings. The maximum Gasteiger partial charge on any atom is 0.330 e.